The molecule has 1 rings (SSSR count). The number of carbonyl (C=O) groups is 1. The lowest BCUT2D eigenvalue weighted by Crippen LogP contribution is -2.42. The van der Waals surface area contributed by atoms with Gasteiger partial charge < -0.3 is 11.1 Å². The van der Waals surface area contributed by atoms with Crippen LogP contribution in [0.3, 0.4) is 0 Å². The molecule has 0 aromatic carbocycles. The van der Waals surface area contributed by atoms with Crippen LogP contribution >= 0.6 is 0 Å². The lowest BCUT2D eigenvalue weighted by Gasteiger charge is -2.33. The normalized spacial score (nSPS) is 20.4. The van der Waals surface area contributed by atoms with Crippen molar-refractivity contribution in [2.75, 3.05) is 26.2 Å². The maximum Gasteiger partial charge on any atom is 0.220 e. The second kappa shape index (κ2) is 10.2. The summed E-state index contributed by atoms with van der Waals surface area (Å²) in [5.41, 5.74) is 5.43. The van der Waals surface area contributed by atoms with Gasteiger partial charge >= 0.3 is 0 Å². The Morgan fingerprint density at radius 1 is 1.26 bits per heavy atom. The van der Waals surface area contributed by atoms with Crippen molar-refractivity contribution in [2.24, 2.45) is 5.73 Å². The molecule has 4 nitrogen and oxygen atoms in total. The molecule has 3 N–H and O–H groups in total. The topological polar surface area (TPSA) is 58.4 Å². The van der Waals surface area contributed by atoms with E-state index in [2.05, 4.69) is 17.1 Å². The summed E-state index contributed by atoms with van der Waals surface area (Å²) in [6.07, 6.45) is 8.96. The van der Waals surface area contributed by atoms with E-state index in [9.17, 15) is 4.79 Å². The van der Waals surface area contributed by atoms with E-state index in [1.165, 1.54) is 25.8 Å². The molecule has 1 aliphatic rings. The third-order valence-electron chi connectivity index (χ3n) is 4.02. The molecule has 0 aliphatic carbocycles. The highest BCUT2D eigenvalue weighted by atomic mass is 16.1. The first-order valence-electron chi connectivity index (χ1n) is 7.95. The number of amides is 1. The maximum atomic E-state index is 11.6. The van der Waals surface area contributed by atoms with Gasteiger partial charge in [-0.15, -0.1) is 0 Å². The van der Waals surface area contributed by atoms with Crippen molar-refractivity contribution in [3.05, 3.63) is 0 Å². The second-order valence-corrected chi connectivity index (χ2v) is 5.68. The molecule has 0 saturated carbocycles. The van der Waals surface area contributed by atoms with E-state index >= 15 is 0 Å². The van der Waals surface area contributed by atoms with Gasteiger partial charge in [-0.2, -0.15) is 0 Å². The van der Waals surface area contributed by atoms with Gasteiger partial charge in [0.05, 0.1) is 0 Å². The summed E-state index contributed by atoms with van der Waals surface area (Å²) >= 11 is 0. The summed E-state index contributed by atoms with van der Waals surface area (Å²) in [4.78, 5) is 14.1. The minimum atomic E-state index is 0.206. The van der Waals surface area contributed by atoms with Gasteiger partial charge in [0.15, 0.2) is 0 Å². The minimum absolute atomic E-state index is 0.206. The third kappa shape index (κ3) is 7.53. The maximum absolute atomic E-state index is 11.6. The number of piperidine rings is 1. The molecule has 19 heavy (non-hydrogen) atoms. The van der Waals surface area contributed by atoms with E-state index in [4.69, 9.17) is 5.73 Å². The number of nitrogens with one attached hydrogen (secondary N) is 1. The van der Waals surface area contributed by atoms with E-state index in [0.29, 0.717) is 12.5 Å². The fourth-order valence-electron chi connectivity index (χ4n) is 2.70. The first-order chi connectivity index (χ1) is 9.24. The number of nitrogens with zero attached hydrogens (tertiary/aromatic N) is 1. The summed E-state index contributed by atoms with van der Waals surface area (Å²) in [7, 11) is 0. The zero-order valence-corrected chi connectivity index (χ0v) is 12.5. The summed E-state index contributed by atoms with van der Waals surface area (Å²) in [5, 5.41) is 3.04. The molecule has 0 bridgehead atoms. The molecule has 1 fully saturated rings. The number of hydrogen-bond acceptors (Lipinski definition) is 3. The van der Waals surface area contributed by atoms with Crippen LogP contribution in [0.4, 0.5) is 0 Å². The van der Waals surface area contributed by atoms with Crippen LogP contribution in [0, 0.1) is 0 Å². The molecule has 0 spiro atoms. The van der Waals surface area contributed by atoms with E-state index in [-0.39, 0.29) is 5.91 Å². The Morgan fingerprint density at radius 3 is 2.79 bits per heavy atom. The van der Waals surface area contributed by atoms with E-state index in [1.54, 1.807) is 0 Å². The Balaban J connectivity index is 1.97. The minimum Gasteiger partial charge on any atom is -0.355 e. The Bertz CT molecular complexity index is 246. The zero-order valence-electron chi connectivity index (χ0n) is 12.5. The lowest BCUT2D eigenvalue weighted by atomic mass is 10.0. The van der Waals surface area contributed by atoms with E-state index in [1.807, 2.05) is 0 Å². The molecule has 0 aromatic heterocycles. The monoisotopic (exact) mass is 269 g/mol. The summed E-state index contributed by atoms with van der Waals surface area (Å²) in [5.74, 6) is 0.206. The predicted octanol–water partition coefficient (Wildman–Crippen LogP) is 1.89. The predicted molar refractivity (Wildman–Crippen MR) is 80.0 cm³/mol. The van der Waals surface area contributed by atoms with Crippen molar-refractivity contribution in [1.29, 1.82) is 0 Å². The number of hydrogen-bond donors (Lipinski definition) is 2. The molecule has 1 amide bonds. The van der Waals surface area contributed by atoms with Gasteiger partial charge in [-0.25, -0.2) is 0 Å². The van der Waals surface area contributed by atoms with Crippen LogP contribution in [-0.2, 0) is 4.79 Å². The highest BCUT2D eigenvalue weighted by Crippen LogP contribution is 2.15. The molecule has 112 valence electrons. The van der Waals surface area contributed by atoms with E-state index < -0.39 is 0 Å². The molecular weight excluding hydrogens is 238 g/mol. The van der Waals surface area contributed by atoms with Crippen LogP contribution in [0.5, 0.6) is 0 Å². The smallest absolute Gasteiger partial charge is 0.220 e. The molecule has 1 aliphatic heterocycles. The van der Waals surface area contributed by atoms with Crippen molar-refractivity contribution in [1.82, 2.24) is 10.2 Å². The fraction of sp³-hybridized carbons (Fsp3) is 0.933. The number of rotatable bonds is 9. The van der Waals surface area contributed by atoms with Crippen molar-refractivity contribution in [2.45, 2.75) is 64.3 Å². The Hall–Kier alpha value is -0.610. The van der Waals surface area contributed by atoms with Crippen LogP contribution in [0.1, 0.15) is 58.3 Å². The van der Waals surface area contributed by atoms with Gasteiger partial charge in [-0.3, -0.25) is 9.69 Å². The van der Waals surface area contributed by atoms with Gasteiger partial charge in [0.1, 0.15) is 0 Å². The molecule has 1 heterocycles. The first-order valence-corrected chi connectivity index (χ1v) is 7.95. The second-order valence-electron chi connectivity index (χ2n) is 5.68. The largest absolute Gasteiger partial charge is 0.355 e. The van der Waals surface area contributed by atoms with Gasteiger partial charge in [-0.05, 0) is 45.7 Å². The number of nitrogens with two attached hydrogens (primary N) is 1. The van der Waals surface area contributed by atoms with Crippen molar-refractivity contribution in [3.8, 4) is 0 Å². The van der Waals surface area contributed by atoms with Crippen molar-refractivity contribution in [3.63, 3.8) is 0 Å². The van der Waals surface area contributed by atoms with Gasteiger partial charge in [-0.1, -0.05) is 19.3 Å². The van der Waals surface area contributed by atoms with Crippen LogP contribution in [0.25, 0.3) is 0 Å². The number of carbonyl (C=O) groups excluding carboxylic acids is 1. The van der Waals surface area contributed by atoms with Gasteiger partial charge in [0.2, 0.25) is 5.91 Å². The molecule has 1 unspecified atom stereocenters. The number of likely N-dealkylation sites (tertiary alicyclic amines) is 1. The molecular formula is C15H31N3O. The van der Waals surface area contributed by atoms with Crippen molar-refractivity contribution < 1.29 is 4.79 Å². The summed E-state index contributed by atoms with van der Waals surface area (Å²) < 4.78 is 0. The number of unbranched alkanes of at least 4 members (excludes halogenated alkanes) is 3. The summed E-state index contributed by atoms with van der Waals surface area (Å²) in [6, 6.07) is 0.682. The molecule has 1 saturated heterocycles. The Morgan fingerprint density at radius 2 is 2.05 bits per heavy atom. The Kier molecular flexibility index (Phi) is 8.84. The van der Waals surface area contributed by atoms with E-state index in [0.717, 1.165) is 45.3 Å². The van der Waals surface area contributed by atoms with Gasteiger partial charge in [0, 0.05) is 25.6 Å². The lowest BCUT2D eigenvalue weighted by molar-refractivity contribution is -0.121. The first kappa shape index (κ1) is 16.4. The fourth-order valence-corrected chi connectivity index (χ4v) is 2.70. The highest BCUT2D eigenvalue weighted by molar-refractivity contribution is 5.75. The molecule has 4 heteroatoms. The van der Waals surface area contributed by atoms with Gasteiger partial charge in [0.25, 0.3) is 0 Å². The van der Waals surface area contributed by atoms with Crippen LogP contribution in [-0.4, -0.2) is 43.0 Å². The zero-order chi connectivity index (χ0) is 13.9. The highest BCUT2D eigenvalue weighted by Gasteiger charge is 2.17. The van der Waals surface area contributed by atoms with Crippen LogP contribution in [0.2, 0.25) is 0 Å². The average molecular weight is 269 g/mol. The Labute approximate surface area is 118 Å². The third-order valence-corrected chi connectivity index (χ3v) is 4.02. The SMILES string of the molecule is CC1CCCCN1CCNC(=O)CCCCCCN. The van der Waals surface area contributed by atoms with Crippen LogP contribution in [0.15, 0.2) is 0 Å². The molecule has 0 aromatic rings. The summed E-state index contributed by atoms with van der Waals surface area (Å²) in [6.45, 7) is 6.04. The molecule has 1 atom stereocenters. The molecule has 0 radical (unpaired) electrons. The standard InChI is InChI=1S/C15H31N3O/c1-14-8-5-7-12-18(14)13-11-17-15(19)9-4-2-3-6-10-16/h14H,2-13,16H2,1H3,(H,17,19). The van der Waals surface area contributed by atoms with Crippen molar-refractivity contribution >= 4 is 5.91 Å². The quantitative estimate of drug-likeness (QED) is 0.628. The van der Waals surface area contributed by atoms with Crippen LogP contribution < -0.4 is 11.1 Å². The average Bonchev–Trinajstić information content (AvgIpc) is 2.41.